The smallest absolute Gasteiger partial charge is 0.329 e. The number of aryl methyl sites for hydroxylation is 1. The van der Waals surface area contributed by atoms with Crippen LogP contribution in [0.5, 0.6) is 0 Å². The zero-order valence-corrected chi connectivity index (χ0v) is 16.3. The second kappa shape index (κ2) is 8.84. The molecule has 0 bridgehead atoms. The molecule has 0 aliphatic rings. The molecule has 2 aromatic heterocycles. The molecule has 0 unspecified atom stereocenters. The Bertz CT molecular complexity index is 1120. The summed E-state index contributed by atoms with van der Waals surface area (Å²) in [7, 11) is 0. The Hall–Kier alpha value is -2.93. The summed E-state index contributed by atoms with van der Waals surface area (Å²) in [6, 6.07) is 8.90. The summed E-state index contributed by atoms with van der Waals surface area (Å²) < 4.78 is 1.43. The van der Waals surface area contributed by atoms with Crippen LogP contribution < -0.4 is 16.6 Å². The highest BCUT2D eigenvalue weighted by Gasteiger charge is 2.13. The lowest BCUT2D eigenvalue weighted by Crippen LogP contribution is -2.31. The zero-order chi connectivity index (χ0) is 20.1. The van der Waals surface area contributed by atoms with Gasteiger partial charge < -0.3 is 5.32 Å². The number of benzene rings is 1. The second-order valence-corrected chi connectivity index (χ2v) is 6.93. The molecule has 8 heteroatoms. The van der Waals surface area contributed by atoms with E-state index in [1.165, 1.54) is 16.8 Å². The largest absolute Gasteiger partial charge is 0.352 e. The van der Waals surface area contributed by atoms with E-state index in [0.717, 1.165) is 18.4 Å². The van der Waals surface area contributed by atoms with Crippen molar-refractivity contribution in [3.63, 3.8) is 0 Å². The van der Waals surface area contributed by atoms with E-state index >= 15 is 0 Å². The highest BCUT2D eigenvalue weighted by Crippen LogP contribution is 2.11. The molecule has 0 aliphatic heterocycles. The molecule has 0 aliphatic carbocycles. The lowest BCUT2D eigenvalue weighted by atomic mass is 10.1. The number of rotatable bonds is 7. The van der Waals surface area contributed by atoms with Gasteiger partial charge in [-0.3, -0.25) is 19.1 Å². The van der Waals surface area contributed by atoms with E-state index in [-0.39, 0.29) is 22.5 Å². The Morgan fingerprint density at radius 3 is 2.86 bits per heavy atom. The highest BCUT2D eigenvalue weighted by atomic mass is 35.5. The van der Waals surface area contributed by atoms with E-state index in [9.17, 15) is 14.4 Å². The van der Waals surface area contributed by atoms with Crippen molar-refractivity contribution in [3.8, 4) is 0 Å². The molecule has 28 heavy (non-hydrogen) atoms. The average Bonchev–Trinajstić information content (AvgIpc) is 2.67. The number of hydrogen-bond donors (Lipinski definition) is 2. The number of halogens is 1. The van der Waals surface area contributed by atoms with Crippen LogP contribution in [0.15, 0.2) is 46.1 Å². The van der Waals surface area contributed by atoms with E-state index in [4.69, 9.17) is 11.6 Å². The first-order valence-corrected chi connectivity index (χ1v) is 9.53. The van der Waals surface area contributed by atoms with Gasteiger partial charge in [-0.25, -0.2) is 9.78 Å². The van der Waals surface area contributed by atoms with Crippen LogP contribution in [0.4, 0.5) is 0 Å². The number of nitrogens with one attached hydrogen (secondary N) is 2. The number of aromatic nitrogens is 3. The minimum Gasteiger partial charge on any atom is -0.352 e. The number of H-pyrrole nitrogens is 1. The van der Waals surface area contributed by atoms with Gasteiger partial charge in [-0.15, -0.1) is 0 Å². The molecule has 1 aromatic carbocycles. The van der Waals surface area contributed by atoms with Gasteiger partial charge in [0.25, 0.3) is 11.5 Å². The Labute approximate surface area is 166 Å². The quantitative estimate of drug-likeness (QED) is 0.636. The predicted octanol–water partition coefficient (Wildman–Crippen LogP) is 2.51. The molecule has 2 heterocycles. The van der Waals surface area contributed by atoms with Crippen molar-refractivity contribution in [1.29, 1.82) is 0 Å². The molecule has 0 atom stereocenters. The number of nitrogens with zero attached hydrogens (tertiary/aromatic N) is 2. The molecular weight excluding hydrogens is 380 g/mol. The SMILES string of the molecule is CCCCn1c(=O)[nH]c(=O)c2cc(C(=O)NCCc3cccc(Cl)c3)cnc21. The van der Waals surface area contributed by atoms with E-state index in [1.54, 1.807) is 6.07 Å². The molecular formula is C20H21ClN4O3. The summed E-state index contributed by atoms with van der Waals surface area (Å²) in [6.45, 7) is 2.89. The van der Waals surface area contributed by atoms with Crippen LogP contribution in [0.3, 0.4) is 0 Å². The molecule has 0 fully saturated rings. The van der Waals surface area contributed by atoms with E-state index in [1.807, 2.05) is 25.1 Å². The first-order chi connectivity index (χ1) is 13.5. The summed E-state index contributed by atoms with van der Waals surface area (Å²) >= 11 is 5.96. The third-order valence-corrected chi connectivity index (χ3v) is 4.65. The number of amides is 1. The fourth-order valence-electron chi connectivity index (χ4n) is 2.93. The molecule has 0 saturated heterocycles. The van der Waals surface area contributed by atoms with Crippen molar-refractivity contribution in [1.82, 2.24) is 19.9 Å². The summed E-state index contributed by atoms with van der Waals surface area (Å²) in [4.78, 5) is 43.2. The van der Waals surface area contributed by atoms with E-state index in [2.05, 4.69) is 15.3 Å². The number of aromatic amines is 1. The predicted molar refractivity (Wildman–Crippen MR) is 109 cm³/mol. The van der Waals surface area contributed by atoms with Crippen LogP contribution in [-0.2, 0) is 13.0 Å². The topological polar surface area (TPSA) is 96.9 Å². The summed E-state index contributed by atoms with van der Waals surface area (Å²) in [5, 5.41) is 3.68. The second-order valence-electron chi connectivity index (χ2n) is 6.50. The lowest BCUT2D eigenvalue weighted by molar-refractivity contribution is 0.0954. The average molecular weight is 401 g/mol. The van der Waals surface area contributed by atoms with Gasteiger partial charge in [0.2, 0.25) is 0 Å². The van der Waals surface area contributed by atoms with Gasteiger partial charge >= 0.3 is 5.69 Å². The van der Waals surface area contributed by atoms with Gasteiger partial charge in [-0.05, 0) is 36.6 Å². The number of carbonyl (C=O) groups excluding carboxylic acids is 1. The Kier molecular flexibility index (Phi) is 6.26. The van der Waals surface area contributed by atoms with Crippen LogP contribution >= 0.6 is 11.6 Å². The highest BCUT2D eigenvalue weighted by molar-refractivity contribution is 6.30. The van der Waals surface area contributed by atoms with Crippen molar-refractivity contribution in [2.45, 2.75) is 32.7 Å². The molecule has 1 amide bonds. The summed E-state index contributed by atoms with van der Waals surface area (Å²) in [6.07, 6.45) is 3.71. The maximum absolute atomic E-state index is 12.4. The van der Waals surface area contributed by atoms with Gasteiger partial charge in [0.15, 0.2) is 0 Å². The van der Waals surface area contributed by atoms with E-state index in [0.29, 0.717) is 24.5 Å². The normalized spacial score (nSPS) is 10.9. The number of pyridine rings is 1. The number of hydrogen-bond acceptors (Lipinski definition) is 4. The number of fused-ring (bicyclic) bond motifs is 1. The molecule has 0 radical (unpaired) electrons. The van der Waals surface area contributed by atoms with Crippen LogP contribution in [-0.4, -0.2) is 27.0 Å². The van der Waals surface area contributed by atoms with Gasteiger partial charge in [0.05, 0.1) is 10.9 Å². The zero-order valence-electron chi connectivity index (χ0n) is 15.5. The van der Waals surface area contributed by atoms with Crippen LogP contribution in [0.2, 0.25) is 5.02 Å². The van der Waals surface area contributed by atoms with Gasteiger partial charge in [0.1, 0.15) is 5.65 Å². The third-order valence-electron chi connectivity index (χ3n) is 4.42. The van der Waals surface area contributed by atoms with Gasteiger partial charge in [-0.2, -0.15) is 0 Å². The van der Waals surface area contributed by atoms with Crippen molar-refractivity contribution in [3.05, 3.63) is 73.5 Å². The molecule has 2 N–H and O–H groups in total. The Morgan fingerprint density at radius 1 is 1.29 bits per heavy atom. The van der Waals surface area contributed by atoms with Crippen LogP contribution in [0.25, 0.3) is 11.0 Å². The maximum atomic E-state index is 12.4. The number of unbranched alkanes of at least 4 members (excludes halogenated alkanes) is 1. The number of carbonyl (C=O) groups is 1. The minimum absolute atomic E-state index is 0.221. The molecule has 3 rings (SSSR count). The minimum atomic E-state index is -0.547. The maximum Gasteiger partial charge on any atom is 0.329 e. The summed E-state index contributed by atoms with van der Waals surface area (Å²) in [5.41, 5.74) is 0.536. The third kappa shape index (κ3) is 4.48. The van der Waals surface area contributed by atoms with Crippen LogP contribution in [0, 0.1) is 0 Å². The van der Waals surface area contributed by atoms with Crippen LogP contribution in [0.1, 0.15) is 35.7 Å². The van der Waals surface area contributed by atoms with Crippen molar-refractivity contribution >= 4 is 28.5 Å². The fourth-order valence-corrected chi connectivity index (χ4v) is 3.14. The first-order valence-electron chi connectivity index (χ1n) is 9.15. The van der Waals surface area contributed by atoms with Crippen molar-refractivity contribution in [2.24, 2.45) is 0 Å². The molecule has 3 aromatic rings. The standard InChI is InChI=1S/C20H21ClN4O3/c1-2-3-9-25-17-16(19(27)24-20(25)28)11-14(12-23-17)18(26)22-8-7-13-5-4-6-15(21)10-13/h4-6,10-12H,2-3,7-9H2,1H3,(H,22,26)(H,24,27,28). The lowest BCUT2D eigenvalue weighted by Gasteiger charge is -2.09. The first kappa shape index (κ1) is 19.8. The fraction of sp³-hybridized carbons (Fsp3) is 0.300. The summed E-state index contributed by atoms with van der Waals surface area (Å²) in [5.74, 6) is -0.331. The van der Waals surface area contributed by atoms with Crippen molar-refractivity contribution in [2.75, 3.05) is 6.54 Å². The molecule has 0 spiro atoms. The van der Waals surface area contributed by atoms with E-state index < -0.39 is 11.2 Å². The molecule has 146 valence electrons. The molecule has 0 saturated carbocycles. The van der Waals surface area contributed by atoms with Gasteiger partial charge in [-0.1, -0.05) is 37.1 Å². The monoisotopic (exact) mass is 400 g/mol. The van der Waals surface area contributed by atoms with Crippen molar-refractivity contribution < 1.29 is 4.79 Å². The molecule has 7 nitrogen and oxygen atoms in total. The van der Waals surface area contributed by atoms with Gasteiger partial charge in [0, 0.05) is 24.3 Å². The Morgan fingerprint density at radius 2 is 2.11 bits per heavy atom. The Balaban J connectivity index is 1.78.